The molecule has 0 radical (unpaired) electrons. The van der Waals surface area contributed by atoms with E-state index in [9.17, 15) is 28.1 Å². The van der Waals surface area contributed by atoms with Crippen LogP contribution in [0.25, 0.3) is 0 Å². The second-order valence-electron chi connectivity index (χ2n) is 7.92. The minimum atomic E-state index is -4.67. The molecule has 1 amide bonds. The predicted molar refractivity (Wildman–Crippen MR) is 129 cm³/mol. The summed E-state index contributed by atoms with van der Waals surface area (Å²) >= 11 is 5.36. The zero-order valence-corrected chi connectivity index (χ0v) is 19.8. The molecule has 1 N–H and O–H groups in total. The molecular formula is C23H25F3N4O4S. The first-order valence-electron chi connectivity index (χ1n) is 11.0. The molecule has 2 aromatic rings. The Morgan fingerprint density at radius 2 is 1.89 bits per heavy atom. The first-order valence-corrected chi connectivity index (χ1v) is 11.4. The van der Waals surface area contributed by atoms with Gasteiger partial charge in [0.05, 0.1) is 17.1 Å². The number of halogens is 3. The highest BCUT2D eigenvalue weighted by atomic mass is 32.1. The molecule has 0 spiro atoms. The molecule has 1 aliphatic heterocycles. The van der Waals surface area contributed by atoms with Gasteiger partial charge in [-0.3, -0.25) is 20.2 Å². The molecule has 35 heavy (non-hydrogen) atoms. The summed E-state index contributed by atoms with van der Waals surface area (Å²) in [6.45, 7) is 3.83. The van der Waals surface area contributed by atoms with Gasteiger partial charge in [0.25, 0.3) is 11.6 Å². The fourth-order valence-corrected chi connectivity index (χ4v) is 3.85. The summed E-state index contributed by atoms with van der Waals surface area (Å²) in [4.78, 5) is 26.6. The van der Waals surface area contributed by atoms with E-state index in [0.29, 0.717) is 37.1 Å². The van der Waals surface area contributed by atoms with Crippen LogP contribution < -0.4 is 15.0 Å². The van der Waals surface area contributed by atoms with Crippen molar-refractivity contribution in [2.24, 2.45) is 0 Å². The van der Waals surface area contributed by atoms with Gasteiger partial charge in [0.1, 0.15) is 11.4 Å². The number of carbonyl (C=O) groups is 1. The van der Waals surface area contributed by atoms with E-state index in [2.05, 4.69) is 12.2 Å². The van der Waals surface area contributed by atoms with Crippen molar-refractivity contribution in [3.05, 3.63) is 63.7 Å². The zero-order chi connectivity index (χ0) is 25.6. The Balaban J connectivity index is 1.60. The number of unbranched alkanes of at least 4 members (excludes halogenated alkanes) is 1. The lowest BCUT2D eigenvalue weighted by Gasteiger charge is -2.37. The normalized spacial score (nSPS) is 13.9. The molecule has 1 fully saturated rings. The van der Waals surface area contributed by atoms with Gasteiger partial charge in [0.2, 0.25) is 0 Å². The Bertz CT molecular complexity index is 1090. The third kappa shape index (κ3) is 6.81. The van der Waals surface area contributed by atoms with E-state index in [-0.39, 0.29) is 23.9 Å². The molecule has 0 unspecified atom stereocenters. The van der Waals surface area contributed by atoms with Gasteiger partial charge in [-0.15, -0.1) is 0 Å². The van der Waals surface area contributed by atoms with Crippen molar-refractivity contribution in [3.63, 3.8) is 0 Å². The van der Waals surface area contributed by atoms with Gasteiger partial charge in [-0.2, -0.15) is 13.2 Å². The number of nitrogens with one attached hydrogen (secondary N) is 1. The SMILES string of the molecule is CCCCOc1cccc(C(=O)NC(=S)N2CCN(c3ccc(C(F)(F)F)cc3[N+](=O)[O-])CC2)c1. The summed E-state index contributed by atoms with van der Waals surface area (Å²) in [5.74, 6) is 0.195. The molecule has 0 atom stereocenters. The van der Waals surface area contributed by atoms with E-state index in [1.807, 2.05) is 0 Å². The van der Waals surface area contributed by atoms with Crippen molar-refractivity contribution >= 4 is 34.6 Å². The number of alkyl halides is 3. The van der Waals surface area contributed by atoms with Crippen LogP contribution in [0.1, 0.15) is 35.7 Å². The molecule has 1 saturated heterocycles. The fraction of sp³-hybridized carbons (Fsp3) is 0.391. The summed E-state index contributed by atoms with van der Waals surface area (Å²) in [5.41, 5.74) is -1.18. The molecule has 12 heteroatoms. The topological polar surface area (TPSA) is 88.0 Å². The molecule has 0 aliphatic carbocycles. The standard InChI is InChI=1S/C23H25F3N4O4S/c1-2-3-13-34-18-6-4-5-16(14-18)21(31)27-22(35)29-11-9-28(10-12-29)19-8-7-17(23(24,25)26)15-20(19)30(32)33/h4-8,14-15H,2-3,9-13H2,1H3,(H,27,31,35). The lowest BCUT2D eigenvalue weighted by molar-refractivity contribution is -0.384. The third-order valence-electron chi connectivity index (χ3n) is 5.49. The summed E-state index contributed by atoms with van der Waals surface area (Å²) < 4.78 is 44.5. The van der Waals surface area contributed by atoms with Gasteiger partial charge >= 0.3 is 6.18 Å². The van der Waals surface area contributed by atoms with Crippen molar-refractivity contribution in [2.45, 2.75) is 25.9 Å². The highest BCUT2D eigenvalue weighted by Crippen LogP contribution is 2.36. The number of rotatable bonds is 7. The number of nitro groups is 1. The van der Waals surface area contributed by atoms with Crippen molar-refractivity contribution in [3.8, 4) is 5.75 Å². The molecule has 1 heterocycles. The summed E-state index contributed by atoms with van der Waals surface area (Å²) in [5, 5.41) is 14.3. The van der Waals surface area contributed by atoms with Crippen molar-refractivity contribution in [1.29, 1.82) is 0 Å². The Labute approximate surface area is 205 Å². The number of thiocarbonyl (C=S) groups is 1. The van der Waals surface area contributed by atoms with Crippen molar-refractivity contribution < 1.29 is 27.6 Å². The van der Waals surface area contributed by atoms with E-state index in [1.54, 1.807) is 34.1 Å². The Morgan fingerprint density at radius 3 is 2.51 bits per heavy atom. The summed E-state index contributed by atoms with van der Waals surface area (Å²) in [7, 11) is 0. The molecule has 188 valence electrons. The van der Waals surface area contributed by atoms with E-state index in [4.69, 9.17) is 17.0 Å². The molecule has 1 aliphatic rings. The van der Waals surface area contributed by atoms with Gasteiger partial charge in [-0.1, -0.05) is 19.4 Å². The lowest BCUT2D eigenvalue weighted by atomic mass is 10.1. The van der Waals surface area contributed by atoms with Crippen LogP contribution in [-0.4, -0.2) is 53.6 Å². The molecule has 0 saturated carbocycles. The first kappa shape index (κ1) is 26.2. The lowest BCUT2D eigenvalue weighted by Crippen LogP contribution is -2.52. The number of benzene rings is 2. The Morgan fingerprint density at radius 1 is 1.17 bits per heavy atom. The second kappa shape index (κ2) is 11.3. The average molecular weight is 511 g/mol. The van der Waals surface area contributed by atoms with Crippen LogP contribution in [0.5, 0.6) is 5.75 Å². The minimum absolute atomic E-state index is 0.109. The number of nitrogens with zero attached hydrogens (tertiary/aromatic N) is 3. The van der Waals surface area contributed by atoms with Gasteiger partial charge in [-0.25, -0.2) is 0 Å². The van der Waals surface area contributed by atoms with Crippen LogP contribution in [0.2, 0.25) is 0 Å². The number of anilines is 1. The molecule has 0 bridgehead atoms. The van der Waals surface area contributed by atoms with Gasteiger partial charge in [0, 0.05) is 37.8 Å². The summed E-state index contributed by atoms with van der Waals surface area (Å²) in [6.07, 6.45) is -2.77. The van der Waals surface area contributed by atoms with E-state index in [0.717, 1.165) is 25.0 Å². The smallest absolute Gasteiger partial charge is 0.416 e. The number of carbonyl (C=O) groups excluding carboxylic acids is 1. The molecule has 2 aromatic carbocycles. The summed E-state index contributed by atoms with van der Waals surface area (Å²) in [6, 6.07) is 9.26. The zero-order valence-electron chi connectivity index (χ0n) is 19.0. The van der Waals surface area contributed by atoms with E-state index in [1.165, 1.54) is 0 Å². The molecular weight excluding hydrogens is 485 g/mol. The number of amides is 1. The van der Waals surface area contributed by atoms with Crippen LogP contribution in [-0.2, 0) is 6.18 Å². The van der Waals surface area contributed by atoms with Gasteiger partial charge in [-0.05, 0) is 49.0 Å². The average Bonchev–Trinajstić information content (AvgIpc) is 2.83. The van der Waals surface area contributed by atoms with Crippen LogP contribution in [0.15, 0.2) is 42.5 Å². The second-order valence-corrected chi connectivity index (χ2v) is 8.31. The van der Waals surface area contributed by atoms with Gasteiger partial charge < -0.3 is 14.5 Å². The van der Waals surface area contributed by atoms with Gasteiger partial charge in [0.15, 0.2) is 5.11 Å². The molecule has 3 rings (SSSR count). The van der Waals surface area contributed by atoms with Crippen molar-refractivity contribution in [1.82, 2.24) is 10.2 Å². The maximum Gasteiger partial charge on any atom is 0.416 e. The number of ether oxygens (including phenoxy) is 1. The predicted octanol–water partition coefficient (Wildman–Crippen LogP) is 4.63. The highest BCUT2D eigenvalue weighted by molar-refractivity contribution is 7.80. The molecule has 8 nitrogen and oxygen atoms in total. The Hall–Kier alpha value is -3.41. The highest BCUT2D eigenvalue weighted by Gasteiger charge is 2.34. The van der Waals surface area contributed by atoms with Crippen LogP contribution in [0.3, 0.4) is 0 Å². The number of hydrogen-bond donors (Lipinski definition) is 1. The maximum atomic E-state index is 13.0. The maximum absolute atomic E-state index is 13.0. The molecule has 0 aromatic heterocycles. The monoisotopic (exact) mass is 510 g/mol. The van der Waals surface area contributed by atoms with E-state index >= 15 is 0 Å². The number of hydrogen-bond acceptors (Lipinski definition) is 6. The number of nitro benzene ring substituents is 1. The quantitative estimate of drug-likeness (QED) is 0.252. The fourth-order valence-electron chi connectivity index (χ4n) is 3.57. The Kier molecular flexibility index (Phi) is 8.49. The third-order valence-corrected chi connectivity index (χ3v) is 5.85. The van der Waals surface area contributed by atoms with Crippen molar-refractivity contribution in [2.75, 3.05) is 37.7 Å². The van der Waals surface area contributed by atoms with Crippen LogP contribution in [0.4, 0.5) is 24.5 Å². The number of piperazine rings is 1. The van der Waals surface area contributed by atoms with Crippen LogP contribution in [0, 0.1) is 10.1 Å². The van der Waals surface area contributed by atoms with Crippen LogP contribution >= 0.6 is 12.2 Å². The van der Waals surface area contributed by atoms with E-state index < -0.39 is 28.3 Å². The largest absolute Gasteiger partial charge is 0.494 e. The first-order chi connectivity index (χ1) is 16.6. The minimum Gasteiger partial charge on any atom is -0.494 e.